The maximum Gasteiger partial charge on any atom is 0.365 e. The van der Waals surface area contributed by atoms with Gasteiger partial charge in [0.25, 0.3) is 0 Å². The number of quaternary nitrogens is 1. The van der Waals surface area contributed by atoms with Crippen LogP contribution < -0.4 is 0 Å². The number of likely N-dealkylation sites (N-methyl/N-ethyl adjacent to an activating group) is 1. The Hall–Kier alpha value is -2.76. The summed E-state index contributed by atoms with van der Waals surface area (Å²) >= 11 is 0. The van der Waals surface area contributed by atoms with Crippen molar-refractivity contribution in [3.8, 4) is 0 Å². The Balaban J connectivity index is 1.90. The summed E-state index contributed by atoms with van der Waals surface area (Å²) in [6.07, 6.45) is 1.05. The molecule has 0 aliphatic carbocycles. The Bertz CT molecular complexity index is 751. The minimum atomic E-state index is -0.603. The second kappa shape index (κ2) is 9.08. The van der Waals surface area contributed by atoms with E-state index in [9.17, 15) is 9.59 Å². The lowest BCUT2D eigenvalue weighted by Gasteiger charge is -2.29. The van der Waals surface area contributed by atoms with Crippen molar-refractivity contribution in [2.24, 2.45) is 0 Å². The molecular weight excluding hydrogens is 330 g/mol. The first-order chi connectivity index (χ1) is 12.4. The molecule has 0 aromatic heterocycles. The van der Waals surface area contributed by atoms with Crippen molar-refractivity contribution in [1.82, 2.24) is 0 Å². The third kappa shape index (κ3) is 5.95. The zero-order chi connectivity index (χ0) is 19.0. The molecule has 136 valence electrons. The number of hydrogen-bond acceptors (Lipinski definition) is 4. The third-order valence-electron chi connectivity index (χ3n) is 3.95. The minimum absolute atomic E-state index is 0.0170. The molecule has 0 fully saturated rings. The fourth-order valence-electron chi connectivity index (χ4n) is 2.51. The van der Waals surface area contributed by atoms with E-state index in [0.29, 0.717) is 22.2 Å². The Labute approximate surface area is 154 Å². The van der Waals surface area contributed by atoms with Gasteiger partial charge in [-0.05, 0) is 0 Å². The zero-order valence-corrected chi connectivity index (χ0v) is 15.2. The zero-order valence-electron chi connectivity index (χ0n) is 15.2. The highest BCUT2D eigenvalue weighted by Gasteiger charge is 2.17. The molecule has 0 spiro atoms. The van der Waals surface area contributed by atoms with Gasteiger partial charge in [0.15, 0.2) is 5.78 Å². The van der Waals surface area contributed by atoms with Gasteiger partial charge in [0, 0.05) is 22.8 Å². The predicted octanol–water partition coefficient (Wildman–Crippen LogP) is 3.15. The highest BCUT2D eigenvalue weighted by atomic mass is 17.2. The summed E-state index contributed by atoms with van der Waals surface area (Å²) in [7, 11) is 4.11. The third-order valence-corrected chi connectivity index (χ3v) is 3.95. The smallest absolute Gasteiger partial charge is 0.323 e. The molecule has 0 heterocycles. The van der Waals surface area contributed by atoms with Crippen molar-refractivity contribution in [1.29, 1.82) is 0 Å². The van der Waals surface area contributed by atoms with Gasteiger partial charge in [-0.15, -0.1) is 0 Å². The molecule has 0 bridgehead atoms. The molecule has 0 aliphatic heterocycles. The number of carbonyl (C=O) groups excluding carboxylic acids is 2. The Morgan fingerprint density at radius 3 is 2.23 bits per heavy atom. The molecule has 2 aromatic carbocycles. The summed E-state index contributed by atoms with van der Waals surface area (Å²) in [5.41, 5.74) is 2.47. The molecule has 0 atom stereocenters. The van der Waals surface area contributed by atoms with E-state index in [1.54, 1.807) is 0 Å². The van der Waals surface area contributed by atoms with Crippen molar-refractivity contribution >= 4 is 11.8 Å². The van der Waals surface area contributed by atoms with Crippen LogP contribution in [0.25, 0.3) is 0 Å². The van der Waals surface area contributed by atoms with Crippen LogP contribution in [0.15, 0.2) is 67.3 Å². The highest BCUT2D eigenvalue weighted by Crippen LogP contribution is 2.14. The summed E-state index contributed by atoms with van der Waals surface area (Å²) < 4.78 is 0.650. The van der Waals surface area contributed by atoms with Gasteiger partial charge in [-0.1, -0.05) is 61.2 Å². The van der Waals surface area contributed by atoms with Crippen molar-refractivity contribution in [3.63, 3.8) is 0 Å². The molecule has 5 nitrogen and oxygen atoms in total. The van der Waals surface area contributed by atoms with Crippen LogP contribution in [-0.4, -0.2) is 43.5 Å². The summed E-state index contributed by atoms with van der Waals surface area (Å²) in [4.78, 5) is 32.7. The van der Waals surface area contributed by atoms with Gasteiger partial charge in [0.05, 0.1) is 14.1 Å². The number of nitrogens with zero attached hydrogens (tertiary/aromatic N) is 1. The van der Waals surface area contributed by atoms with Crippen LogP contribution in [0.1, 0.15) is 21.5 Å². The molecule has 0 saturated heterocycles. The van der Waals surface area contributed by atoms with Gasteiger partial charge < -0.3 is 4.48 Å². The normalized spacial score (nSPS) is 11.0. The van der Waals surface area contributed by atoms with Crippen molar-refractivity contribution in [3.05, 3.63) is 83.9 Å². The number of benzene rings is 2. The molecule has 0 saturated carbocycles. The van der Waals surface area contributed by atoms with Gasteiger partial charge in [-0.3, -0.25) is 9.68 Å². The summed E-state index contributed by atoms with van der Waals surface area (Å²) in [6, 6.07) is 16.9. The first-order valence-corrected chi connectivity index (χ1v) is 8.38. The van der Waals surface area contributed by atoms with Crippen LogP contribution >= 0.6 is 0 Å². The van der Waals surface area contributed by atoms with Gasteiger partial charge in [0.1, 0.15) is 19.7 Å². The van der Waals surface area contributed by atoms with Crippen LogP contribution in [0.3, 0.4) is 0 Å². The van der Waals surface area contributed by atoms with Crippen LogP contribution in [0.2, 0.25) is 0 Å². The number of hydrogen-bond donors (Lipinski definition) is 0. The van der Waals surface area contributed by atoms with E-state index in [-0.39, 0.29) is 12.4 Å². The van der Waals surface area contributed by atoms with E-state index in [1.807, 2.05) is 54.6 Å². The van der Waals surface area contributed by atoms with E-state index < -0.39 is 5.97 Å². The largest absolute Gasteiger partial charge is 0.365 e. The lowest BCUT2D eigenvalue weighted by molar-refractivity contribution is -0.904. The van der Waals surface area contributed by atoms with Gasteiger partial charge >= 0.3 is 5.97 Å². The average Bonchev–Trinajstić information content (AvgIpc) is 2.65. The molecule has 0 unspecified atom stereocenters. The standard InChI is InChI=1S/C21H24NO4/c1-4-20(23)26-25-15-14-22(2,3)16-17-10-12-19(13-11-17)21(24)18-8-6-5-7-9-18/h4-13H,1,14-16H2,2-3H3/q+1. The minimum Gasteiger partial charge on any atom is -0.323 e. The van der Waals surface area contributed by atoms with Gasteiger partial charge in [0.2, 0.25) is 0 Å². The van der Waals surface area contributed by atoms with E-state index in [1.165, 1.54) is 0 Å². The monoisotopic (exact) mass is 354 g/mol. The average molecular weight is 354 g/mol. The van der Waals surface area contributed by atoms with Crippen LogP contribution in [0.4, 0.5) is 0 Å². The summed E-state index contributed by atoms with van der Waals surface area (Å²) in [6.45, 7) is 5.01. The molecule has 0 amide bonds. The highest BCUT2D eigenvalue weighted by molar-refractivity contribution is 6.08. The van der Waals surface area contributed by atoms with Crippen molar-refractivity contribution in [2.75, 3.05) is 27.2 Å². The Morgan fingerprint density at radius 2 is 1.62 bits per heavy atom. The number of carbonyl (C=O) groups is 2. The lowest BCUT2D eigenvalue weighted by atomic mass is 10.0. The fraction of sp³-hybridized carbons (Fsp3) is 0.238. The molecule has 2 rings (SSSR count). The SMILES string of the molecule is C=CC(=O)OOCC[N+](C)(C)Cc1ccc(C(=O)c2ccccc2)cc1. The summed E-state index contributed by atoms with van der Waals surface area (Å²) in [5.74, 6) is -0.586. The molecule has 0 radical (unpaired) electrons. The predicted molar refractivity (Wildman–Crippen MR) is 99.2 cm³/mol. The quantitative estimate of drug-likeness (QED) is 0.173. The lowest BCUT2D eigenvalue weighted by Crippen LogP contribution is -2.41. The van der Waals surface area contributed by atoms with E-state index in [0.717, 1.165) is 18.2 Å². The number of rotatable bonds is 9. The topological polar surface area (TPSA) is 52.6 Å². The van der Waals surface area contributed by atoms with Gasteiger partial charge in [-0.25, -0.2) is 4.79 Å². The molecule has 26 heavy (non-hydrogen) atoms. The second-order valence-electron chi connectivity index (χ2n) is 6.64. The first kappa shape index (κ1) is 19.6. The Morgan fingerprint density at radius 1 is 1.00 bits per heavy atom. The van der Waals surface area contributed by atoms with E-state index >= 15 is 0 Å². The van der Waals surface area contributed by atoms with Crippen LogP contribution in [0.5, 0.6) is 0 Å². The molecule has 0 aliphatic rings. The molecular formula is C21H24NO4+. The van der Waals surface area contributed by atoms with Crippen LogP contribution in [0, 0.1) is 0 Å². The van der Waals surface area contributed by atoms with E-state index in [2.05, 4.69) is 25.6 Å². The second-order valence-corrected chi connectivity index (χ2v) is 6.64. The maximum absolute atomic E-state index is 12.4. The molecule has 0 N–H and O–H groups in total. The van der Waals surface area contributed by atoms with Crippen molar-refractivity contribution in [2.45, 2.75) is 6.54 Å². The Kier molecular flexibility index (Phi) is 6.83. The van der Waals surface area contributed by atoms with Crippen LogP contribution in [-0.2, 0) is 21.1 Å². The molecule has 2 aromatic rings. The number of ketones is 1. The van der Waals surface area contributed by atoms with Crippen molar-refractivity contribution < 1.29 is 23.8 Å². The first-order valence-electron chi connectivity index (χ1n) is 8.38. The maximum atomic E-state index is 12.4. The fourth-order valence-corrected chi connectivity index (χ4v) is 2.51. The van der Waals surface area contributed by atoms with E-state index in [4.69, 9.17) is 4.89 Å². The van der Waals surface area contributed by atoms with Gasteiger partial charge in [-0.2, -0.15) is 4.89 Å². The summed E-state index contributed by atoms with van der Waals surface area (Å²) in [5, 5.41) is 0. The molecule has 5 heteroatoms.